The monoisotopic (exact) mass is 378 g/mol. The van der Waals surface area contributed by atoms with Gasteiger partial charge in [0.1, 0.15) is 5.82 Å². The number of hydrogen-bond donors (Lipinski definition) is 0. The van der Waals surface area contributed by atoms with Crippen molar-refractivity contribution in [2.24, 2.45) is 7.05 Å². The maximum absolute atomic E-state index is 13.5. The summed E-state index contributed by atoms with van der Waals surface area (Å²) in [5.41, 5.74) is 3.69. The van der Waals surface area contributed by atoms with Crippen LogP contribution in [0.5, 0.6) is 0 Å². The highest BCUT2D eigenvalue weighted by molar-refractivity contribution is 5.80. The first-order valence-electron chi connectivity index (χ1n) is 9.59. The molecule has 1 aromatic carbocycles. The molecule has 1 aliphatic heterocycles. The Morgan fingerprint density at radius 1 is 1.21 bits per heavy atom. The average molecular weight is 378 g/mol. The molecule has 144 valence electrons. The molecule has 1 aliphatic rings. The molecule has 0 aliphatic carbocycles. The first-order chi connectivity index (χ1) is 13.6. The van der Waals surface area contributed by atoms with Crippen LogP contribution in [0.3, 0.4) is 0 Å². The number of carbonyl (C=O) groups excluding carboxylic acids is 1. The summed E-state index contributed by atoms with van der Waals surface area (Å²) in [6.45, 7) is 0.700. The van der Waals surface area contributed by atoms with Crippen molar-refractivity contribution < 1.29 is 9.18 Å². The van der Waals surface area contributed by atoms with Crippen molar-refractivity contribution in [2.75, 3.05) is 6.54 Å². The topological polar surface area (TPSA) is 51.0 Å². The largest absolute Gasteiger partial charge is 0.334 e. The summed E-state index contributed by atoms with van der Waals surface area (Å²) in [5, 5.41) is 4.71. The highest BCUT2D eigenvalue weighted by Gasteiger charge is 2.31. The number of likely N-dealkylation sites (tertiary alicyclic amines) is 1. The summed E-state index contributed by atoms with van der Waals surface area (Å²) < 4.78 is 15.3. The van der Waals surface area contributed by atoms with Crippen LogP contribution in [-0.2, 0) is 18.3 Å². The van der Waals surface area contributed by atoms with Crippen LogP contribution in [0, 0.1) is 5.82 Å². The zero-order valence-electron chi connectivity index (χ0n) is 15.9. The Hall–Kier alpha value is -3.02. The molecule has 0 unspecified atom stereocenters. The van der Waals surface area contributed by atoms with Crippen molar-refractivity contribution in [1.82, 2.24) is 19.7 Å². The molecule has 1 amide bonds. The second-order valence-electron chi connectivity index (χ2n) is 7.24. The van der Waals surface area contributed by atoms with E-state index in [9.17, 15) is 9.18 Å². The van der Waals surface area contributed by atoms with Gasteiger partial charge in [0.2, 0.25) is 5.91 Å². The second kappa shape index (κ2) is 7.92. The normalized spacial score (nSPS) is 16.9. The van der Waals surface area contributed by atoms with Gasteiger partial charge in [-0.2, -0.15) is 5.10 Å². The molecular formula is C22H23FN4O. The van der Waals surface area contributed by atoms with Crippen LogP contribution in [-0.4, -0.2) is 32.1 Å². The van der Waals surface area contributed by atoms with E-state index in [1.807, 2.05) is 30.3 Å². The lowest BCUT2D eigenvalue weighted by atomic mass is 9.94. The smallest absolute Gasteiger partial charge is 0.227 e. The fraction of sp³-hybridized carbons (Fsp3) is 0.318. The Bertz CT molecular complexity index is 970. The summed E-state index contributed by atoms with van der Waals surface area (Å²) >= 11 is 0. The minimum atomic E-state index is -0.315. The minimum Gasteiger partial charge on any atom is -0.334 e. The molecule has 1 atom stereocenters. The van der Waals surface area contributed by atoms with Crippen LogP contribution in [0.2, 0.25) is 0 Å². The molecular weight excluding hydrogens is 355 g/mol. The van der Waals surface area contributed by atoms with Gasteiger partial charge in [-0.3, -0.25) is 14.5 Å². The van der Waals surface area contributed by atoms with Crippen LogP contribution in [0.1, 0.15) is 36.6 Å². The van der Waals surface area contributed by atoms with Crippen molar-refractivity contribution in [1.29, 1.82) is 0 Å². The maximum Gasteiger partial charge on any atom is 0.227 e. The van der Waals surface area contributed by atoms with Gasteiger partial charge in [-0.15, -0.1) is 0 Å². The number of rotatable bonds is 4. The number of carbonyl (C=O) groups is 1. The third-order valence-electron chi connectivity index (χ3n) is 5.23. The predicted octanol–water partition coefficient (Wildman–Crippen LogP) is 3.92. The van der Waals surface area contributed by atoms with Gasteiger partial charge >= 0.3 is 0 Å². The summed E-state index contributed by atoms with van der Waals surface area (Å²) in [6, 6.07) is 10.1. The Morgan fingerprint density at radius 3 is 2.82 bits per heavy atom. The Morgan fingerprint density at radius 2 is 2.04 bits per heavy atom. The third kappa shape index (κ3) is 3.81. The van der Waals surface area contributed by atoms with E-state index in [0.29, 0.717) is 12.1 Å². The molecule has 0 saturated carbocycles. The number of benzene rings is 1. The van der Waals surface area contributed by atoms with Gasteiger partial charge in [-0.25, -0.2) is 4.39 Å². The zero-order chi connectivity index (χ0) is 19.5. The molecule has 0 N–H and O–H groups in total. The zero-order valence-corrected chi connectivity index (χ0v) is 15.9. The van der Waals surface area contributed by atoms with Crippen LogP contribution in [0.25, 0.3) is 11.1 Å². The lowest BCUT2D eigenvalue weighted by molar-refractivity contribution is -0.134. The summed E-state index contributed by atoms with van der Waals surface area (Å²) in [5.74, 6) is -0.299. The lowest BCUT2D eigenvalue weighted by Gasteiger charge is -2.35. The van der Waals surface area contributed by atoms with E-state index >= 15 is 0 Å². The highest BCUT2D eigenvalue weighted by atomic mass is 19.1. The molecule has 4 rings (SSSR count). The summed E-state index contributed by atoms with van der Waals surface area (Å²) in [4.78, 5) is 19.1. The van der Waals surface area contributed by atoms with Crippen LogP contribution in [0.4, 0.5) is 4.39 Å². The van der Waals surface area contributed by atoms with Crippen molar-refractivity contribution in [3.05, 3.63) is 72.1 Å². The summed E-state index contributed by atoms with van der Waals surface area (Å²) in [7, 11) is 1.90. The number of pyridine rings is 1. The molecule has 0 radical (unpaired) electrons. The van der Waals surface area contributed by atoms with E-state index in [4.69, 9.17) is 5.10 Å². The van der Waals surface area contributed by atoms with E-state index in [1.165, 1.54) is 12.1 Å². The van der Waals surface area contributed by atoms with Gasteiger partial charge in [-0.05, 0) is 54.7 Å². The van der Waals surface area contributed by atoms with E-state index in [1.54, 1.807) is 29.2 Å². The molecule has 3 aromatic rings. The average Bonchev–Trinajstić information content (AvgIpc) is 3.10. The first kappa shape index (κ1) is 18.3. The van der Waals surface area contributed by atoms with Gasteiger partial charge in [0, 0.05) is 37.7 Å². The third-order valence-corrected chi connectivity index (χ3v) is 5.23. The van der Waals surface area contributed by atoms with Crippen LogP contribution < -0.4 is 0 Å². The van der Waals surface area contributed by atoms with Gasteiger partial charge in [-0.1, -0.05) is 12.1 Å². The Kier molecular flexibility index (Phi) is 5.19. The Balaban J connectivity index is 1.64. The van der Waals surface area contributed by atoms with Crippen LogP contribution in [0.15, 0.2) is 55.0 Å². The molecule has 0 spiro atoms. The highest BCUT2D eigenvalue weighted by Crippen LogP contribution is 2.36. The van der Waals surface area contributed by atoms with E-state index in [-0.39, 0.29) is 24.2 Å². The molecule has 3 heterocycles. The number of aryl methyl sites for hydroxylation is 1. The number of amides is 1. The van der Waals surface area contributed by atoms with Crippen molar-refractivity contribution in [2.45, 2.75) is 31.7 Å². The number of hydrogen-bond acceptors (Lipinski definition) is 3. The molecule has 6 heteroatoms. The predicted molar refractivity (Wildman–Crippen MR) is 105 cm³/mol. The maximum atomic E-state index is 13.5. The fourth-order valence-electron chi connectivity index (χ4n) is 3.94. The molecule has 2 aromatic heterocycles. The minimum absolute atomic E-state index is 0.0154. The van der Waals surface area contributed by atoms with E-state index in [2.05, 4.69) is 4.98 Å². The summed E-state index contributed by atoms with van der Waals surface area (Å²) in [6.07, 6.45) is 8.63. The molecule has 1 saturated heterocycles. The van der Waals surface area contributed by atoms with E-state index < -0.39 is 0 Å². The lowest BCUT2D eigenvalue weighted by Crippen LogP contribution is -2.39. The van der Waals surface area contributed by atoms with Crippen molar-refractivity contribution >= 4 is 5.91 Å². The van der Waals surface area contributed by atoms with Crippen LogP contribution >= 0.6 is 0 Å². The first-order valence-corrected chi connectivity index (χ1v) is 9.59. The SMILES string of the molecule is Cn1cc(-c2ccncc2)c([C@H]2CCCCN2C(=O)Cc2cccc(F)c2)n1. The van der Waals surface area contributed by atoms with Gasteiger partial charge in [0.05, 0.1) is 18.2 Å². The van der Waals surface area contributed by atoms with E-state index in [0.717, 1.165) is 36.1 Å². The number of aromatic nitrogens is 3. The number of piperidine rings is 1. The van der Waals surface area contributed by atoms with Gasteiger partial charge < -0.3 is 4.90 Å². The number of nitrogens with zero attached hydrogens (tertiary/aromatic N) is 4. The van der Waals surface area contributed by atoms with Gasteiger partial charge in [0.25, 0.3) is 0 Å². The molecule has 0 bridgehead atoms. The van der Waals surface area contributed by atoms with Crippen molar-refractivity contribution in [3.8, 4) is 11.1 Å². The Labute approximate surface area is 163 Å². The molecule has 5 nitrogen and oxygen atoms in total. The van der Waals surface area contributed by atoms with Crippen molar-refractivity contribution in [3.63, 3.8) is 0 Å². The molecule has 28 heavy (non-hydrogen) atoms. The van der Waals surface area contributed by atoms with Gasteiger partial charge in [0.15, 0.2) is 0 Å². The quantitative estimate of drug-likeness (QED) is 0.691. The molecule has 1 fully saturated rings. The standard InChI is InChI=1S/C22H23FN4O/c1-26-15-19(17-8-10-24-11-9-17)22(25-26)20-7-2-3-12-27(20)21(28)14-16-5-4-6-18(23)13-16/h4-6,8-11,13,15,20H,2-3,7,12,14H2,1H3/t20-/m1/s1. The second-order valence-corrected chi connectivity index (χ2v) is 7.24. The fourth-order valence-corrected chi connectivity index (χ4v) is 3.94. The number of halogens is 1.